The molecule has 0 radical (unpaired) electrons. The summed E-state index contributed by atoms with van der Waals surface area (Å²) in [4.78, 5) is 16.5. The fourth-order valence-corrected chi connectivity index (χ4v) is 2.19. The molecule has 1 aliphatic rings. The Morgan fingerprint density at radius 1 is 1.32 bits per heavy atom. The third-order valence-electron chi connectivity index (χ3n) is 3.60. The van der Waals surface area contributed by atoms with Gasteiger partial charge < -0.3 is 15.4 Å². The minimum atomic E-state index is -0.289. The van der Waals surface area contributed by atoms with Crippen LogP contribution in [0, 0.1) is 0 Å². The number of rotatable bonds is 6. The van der Waals surface area contributed by atoms with Crippen molar-refractivity contribution in [2.45, 2.75) is 32.7 Å². The summed E-state index contributed by atoms with van der Waals surface area (Å²) in [7, 11) is 0. The minimum absolute atomic E-state index is 0.0706. The van der Waals surface area contributed by atoms with Crippen LogP contribution in [0.3, 0.4) is 0 Å². The Morgan fingerprint density at radius 3 is 2.37 bits per heavy atom. The smallest absolute Gasteiger partial charge is 0.248 e. The first-order valence-corrected chi connectivity index (χ1v) is 7.21. The van der Waals surface area contributed by atoms with Gasteiger partial charge in [0.05, 0.1) is 10.5 Å². The number of hydrogen-bond donors (Lipinski definition) is 1. The van der Waals surface area contributed by atoms with E-state index in [2.05, 4.69) is 4.90 Å². The van der Waals surface area contributed by atoms with E-state index in [1.165, 1.54) is 0 Å². The van der Waals surface area contributed by atoms with Crippen LogP contribution in [0.2, 0.25) is 0 Å². The predicted octanol–water partition coefficient (Wildman–Crippen LogP) is 0.622. The highest BCUT2D eigenvalue weighted by Gasteiger charge is 2.33. The van der Waals surface area contributed by atoms with Crippen LogP contribution in [0.4, 0.5) is 0 Å². The molecular formula is C13H25N3O2S. The summed E-state index contributed by atoms with van der Waals surface area (Å²) >= 11 is 5.10. The van der Waals surface area contributed by atoms with Crippen molar-refractivity contribution >= 4 is 23.1 Å². The van der Waals surface area contributed by atoms with Crippen molar-refractivity contribution in [1.82, 2.24) is 9.80 Å². The van der Waals surface area contributed by atoms with E-state index in [9.17, 15) is 4.79 Å². The van der Waals surface area contributed by atoms with Crippen molar-refractivity contribution in [2.75, 3.05) is 39.4 Å². The van der Waals surface area contributed by atoms with E-state index in [0.717, 1.165) is 19.5 Å². The van der Waals surface area contributed by atoms with Crippen molar-refractivity contribution in [1.29, 1.82) is 0 Å². The van der Waals surface area contributed by atoms with Crippen LogP contribution in [0.1, 0.15) is 27.2 Å². The molecule has 110 valence electrons. The second kappa shape index (κ2) is 7.17. The topological polar surface area (TPSA) is 58.8 Å². The summed E-state index contributed by atoms with van der Waals surface area (Å²) < 4.78 is 5.28. The van der Waals surface area contributed by atoms with E-state index in [1.807, 2.05) is 25.7 Å². The predicted molar refractivity (Wildman–Crippen MR) is 80.1 cm³/mol. The quantitative estimate of drug-likeness (QED) is 0.573. The van der Waals surface area contributed by atoms with Gasteiger partial charge in [-0.1, -0.05) is 19.1 Å². The molecule has 5 nitrogen and oxygen atoms in total. The third-order valence-corrected chi connectivity index (χ3v) is 4.10. The average Bonchev–Trinajstić information content (AvgIpc) is 2.39. The van der Waals surface area contributed by atoms with E-state index >= 15 is 0 Å². The van der Waals surface area contributed by atoms with Gasteiger partial charge in [0, 0.05) is 32.8 Å². The molecule has 0 spiro atoms. The molecule has 1 fully saturated rings. The van der Waals surface area contributed by atoms with Crippen molar-refractivity contribution in [3.05, 3.63) is 0 Å². The SMILES string of the molecule is CCCOCC(=O)N1CCN(C(C)(C)C(N)=S)CC1. The molecule has 6 heteroatoms. The first kappa shape index (κ1) is 16.3. The lowest BCUT2D eigenvalue weighted by atomic mass is 10.0. The molecule has 0 aromatic rings. The molecule has 2 N–H and O–H groups in total. The normalized spacial score (nSPS) is 17.5. The van der Waals surface area contributed by atoms with Gasteiger partial charge in [-0.15, -0.1) is 0 Å². The summed E-state index contributed by atoms with van der Waals surface area (Å²) in [6.07, 6.45) is 0.934. The molecule has 0 bridgehead atoms. The number of nitrogens with zero attached hydrogens (tertiary/aromatic N) is 2. The van der Waals surface area contributed by atoms with E-state index in [0.29, 0.717) is 24.7 Å². The van der Waals surface area contributed by atoms with Gasteiger partial charge in [0.15, 0.2) is 0 Å². The number of piperazine rings is 1. The lowest BCUT2D eigenvalue weighted by molar-refractivity contribution is -0.138. The van der Waals surface area contributed by atoms with E-state index in [1.54, 1.807) is 0 Å². The highest BCUT2D eigenvalue weighted by atomic mass is 32.1. The van der Waals surface area contributed by atoms with Gasteiger partial charge >= 0.3 is 0 Å². The van der Waals surface area contributed by atoms with Crippen LogP contribution in [0.25, 0.3) is 0 Å². The maximum Gasteiger partial charge on any atom is 0.248 e. The van der Waals surface area contributed by atoms with Crippen LogP contribution in [0.5, 0.6) is 0 Å². The zero-order valence-electron chi connectivity index (χ0n) is 12.1. The van der Waals surface area contributed by atoms with Crippen LogP contribution < -0.4 is 5.73 Å². The monoisotopic (exact) mass is 287 g/mol. The molecule has 19 heavy (non-hydrogen) atoms. The van der Waals surface area contributed by atoms with Gasteiger partial charge in [-0.3, -0.25) is 9.69 Å². The zero-order valence-corrected chi connectivity index (χ0v) is 13.0. The first-order valence-electron chi connectivity index (χ1n) is 6.80. The Labute approximate surface area is 121 Å². The molecule has 0 aromatic heterocycles. The van der Waals surface area contributed by atoms with Crippen molar-refractivity contribution in [2.24, 2.45) is 5.73 Å². The molecule has 0 unspecified atom stereocenters. The first-order chi connectivity index (χ1) is 8.89. The van der Waals surface area contributed by atoms with Gasteiger partial charge in [0.25, 0.3) is 0 Å². The summed E-state index contributed by atoms with van der Waals surface area (Å²) in [5, 5.41) is 0. The third kappa shape index (κ3) is 4.40. The number of hydrogen-bond acceptors (Lipinski definition) is 4. The van der Waals surface area contributed by atoms with Gasteiger partial charge in [0.1, 0.15) is 6.61 Å². The standard InChI is InChI=1S/C13H25N3O2S/c1-4-9-18-10-11(17)15-5-7-16(8-6-15)13(2,3)12(14)19/h4-10H2,1-3H3,(H2,14,19). The van der Waals surface area contributed by atoms with Gasteiger partial charge in [-0.25, -0.2) is 0 Å². The Kier molecular flexibility index (Phi) is 6.16. The largest absolute Gasteiger partial charge is 0.392 e. The van der Waals surface area contributed by atoms with Crippen LogP contribution in [-0.4, -0.2) is 65.6 Å². The number of carbonyl (C=O) groups is 1. The zero-order chi connectivity index (χ0) is 14.5. The Morgan fingerprint density at radius 2 is 1.89 bits per heavy atom. The van der Waals surface area contributed by atoms with Gasteiger partial charge in [-0.2, -0.15) is 0 Å². The molecule has 0 aromatic carbocycles. The summed E-state index contributed by atoms with van der Waals surface area (Å²) in [6.45, 7) is 9.91. The van der Waals surface area contributed by atoms with E-state index in [-0.39, 0.29) is 18.1 Å². The fourth-order valence-electron chi connectivity index (χ4n) is 2.07. The Bertz CT molecular complexity index is 326. The Hall–Kier alpha value is -0.720. The number of thiocarbonyl (C=S) groups is 1. The van der Waals surface area contributed by atoms with Gasteiger partial charge in [0.2, 0.25) is 5.91 Å². The van der Waals surface area contributed by atoms with Crippen molar-refractivity contribution < 1.29 is 9.53 Å². The van der Waals surface area contributed by atoms with E-state index < -0.39 is 0 Å². The van der Waals surface area contributed by atoms with Crippen molar-refractivity contribution in [3.8, 4) is 0 Å². The molecule has 1 rings (SSSR count). The number of carbonyl (C=O) groups excluding carboxylic acids is 1. The average molecular weight is 287 g/mol. The second-order valence-corrected chi connectivity index (χ2v) is 5.78. The molecule has 1 amide bonds. The lowest BCUT2D eigenvalue weighted by Crippen LogP contribution is -2.60. The van der Waals surface area contributed by atoms with E-state index in [4.69, 9.17) is 22.7 Å². The number of amides is 1. The second-order valence-electron chi connectivity index (χ2n) is 5.34. The molecule has 0 atom stereocenters. The minimum Gasteiger partial charge on any atom is -0.392 e. The molecular weight excluding hydrogens is 262 g/mol. The summed E-state index contributed by atoms with van der Waals surface area (Å²) in [5.74, 6) is 0.0706. The molecule has 1 saturated heterocycles. The lowest BCUT2D eigenvalue weighted by Gasteiger charge is -2.43. The van der Waals surface area contributed by atoms with Crippen molar-refractivity contribution in [3.63, 3.8) is 0 Å². The number of nitrogens with two attached hydrogens (primary N) is 1. The molecule has 0 aliphatic carbocycles. The van der Waals surface area contributed by atoms with Crippen LogP contribution in [-0.2, 0) is 9.53 Å². The highest BCUT2D eigenvalue weighted by molar-refractivity contribution is 7.80. The Balaban J connectivity index is 2.40. The molecule has 1 heterocycles. The maximum atomic E-state index is 11.9. The highest BCUT2D eigenvalue weighted by Crippen LogP contribution is 2.17. The summed E-state index contributed by atoms with van der Waals surface area (Å²) in [6, 6.07) is 0. The van der Waals surface area contributed by atoms with Crippen LogP contribution in [0.15, 0.2) is 0 Å². The molecule has 0 saturated carbocycles. The van der Waals surface area contributed by atoms with Gasteiger partial charge in [-0.05, 0) is 20.3 Å². The summed E-state index contributed by atoms with van der Waals surface area (Å²) in [5.41, 5.74) is 5.48. The number of ether oxygens (including phenoxy) is 1. The fraction of sp³-hybridized carbons (Fsp3) is 0.846. The van der Waals surface area contributed by atoms with Crippen LogP contribution >= 0.6 is 12.2 Å². The maximum absolute atomic E-state index is 11.9. The molecule has 1 aliphatic heterocycles.